The highest BCUT2D eigenvalue weighted by atomic mass is 16.4. The molecular weight excluding hydrogens is 370 g/mol. The summed E-state index contributed by atoms with van der Waals surface area (Å²) in [4.78, 5) is 33.1. The number of hydrogen-bond donors (Lipinski definition) is 2. The Morgan fingerprint density at radius 2 is 2.00 bits per heavy atom. The van der Waals surface area contributed by atoms with Gasteiger partial charge in [-0.05, 0) is 36.6 Å². The van der Waals surface area contributed by atoms with Gasteiger partial charge in [0.15, 0.2) is 0 Å². The highest BCUT2D eigenvalue weighted by molar-refractivity contribution is 5.90. The van der Waals surface area contributed by atoms with Gasteiger partial charge in [0.2, 0.25) is 0 Å². The normalized spacial score (nSPS) is 14.2. The Labute approximate surface area is 168 Å². The Bertz CT molecular complexity index is 1090. The number of fused-ring (bicyclic) bond motifs is 1. The van der Waals surface area contributed by atoms with Crippen LogP contribution in [-0.4, -0.2) is 49.6 Å². The van der Waals surface area contributed by atoms with Crippen molar-refractivity contribution in [3.63, 3.8) is 0 Å². The second-order valence-corrected chi connectivity index (χ2v) is 7.38. The summed E-state index contributed by atoms with van der Waals surface area (Å²) in [5.74, 6) is -0.999. The highest BCUT2D eigenvalue weighted by Crippen LogP contribution is 2.32. The molecule has 0 spiro atoms. The maximum absolute atomic E-state index is 11.4. The first-order chi connectivity index (χ1) is 14.0. The number of carboxylic acids is 1. The van der Waals surface area contributed by atoms with E-state index in [-0.39, 0.29) is 11.6 Å². The van der Waals surface area contributed by atoms with Crippen LogP contribution < -0.4 is 5.73 Å². The van der Waals surface area contributed by atoms with E-state index in [1.165, 1.54) is 23.9 Å². The minimum atomic E-state index is -0.999. The molecule has 0 unspecified atom stereocenters. The predicted molar refractivity (Wildman–Crippen MR) is 109 cm³/mol. The molecule has 3 N–H and O–H groups in total. The van der Waals surface area contributed by atoms with Crippen molar-refractivity contribution < 1.29 is 14.7 Å². The molecule has 29 heavy (non-hydrogen) atoms. The molecule has 0 saturated carbocycles. The molecule has 2 amide bonds. The lowest BCUT2D eigenvalue weighted by molar-refractivity contribution is 0.0696. The van der Waals surface area contributed by atoms with Gasteiger partial charge in [0.25, 0.3) is 0 Å². The number of pyridine rings is 2. The molecule has 8 heteroatoms. The minimum Gasteiger partial charge on any atom is -0.478 e. The number of amides is 2. The Kier molecular flexibility index (Phi) is 4.92. The Morgan fingerprint density at radius 1 is 1.24 bits per heavy atom. The van der Waals surface area contributed by atoms with Gasteiger partial charge in [-0.3, -0.25) is 9.97 Å². The smallest absolute Gasteiger partial charge is 0.335 e. The molecule has 3 aromatic heterocycles. The number of nitrogens with two attached hydrogens (primary N) is 1. The number of primary amides is 1. The first-order valence-electron chi connectivity index (χ1n) is 9.71. The van der Waals surface area contributed by atoms with Crippen molar-refractivity contribution in [3.8, 4) is 11.4 Å². The van der Waals surface area contributed by atoms with Gasteiger partial charge in [-0.15, -0.1) is 0 Å². The van der Waals surface area contributed by atoms with Crippen LogP contribution in [0.2, 0.25) is 0 Å². The zero-order valence-electron chi connectivity index (χ0n) is 16.2. The lowest BCUT2D eigenvalue weighted by atomic mass is 10.1. The van der Waals surface area contributed by atoms with Crippen LogP contribution in [0.1, 0.15) is 41.7 Å². The third-order valence-corrected chi connectivity index (χ3v) is 5.44. The average molecular weight is 393 g/mol. The lowest BCUT2D eigenvalue weighted by Gasteiger charge is -2.39. The standard InChI is InChI=1S/C21H23N5O3/c1-2-3-4-14-10-26(15-11-25(12-15)21(22)29)19-8-18(24-9-16(14)19)17-7-13(20(27)28)5-6-23-17/h5-10,15H,2-4,11-12H2,1H3,(H2,22,29)(H,27,28). The van der Waals surface area contributed by atoms with E-state index in [1.54, 1.807) is 4.90 Å². The maximum Gasteiger partial charge on any atom is 0.335 e. The van der Waals surface area contributed by atoms with Crippen LogP contribution in [0.25, 0.3) is 22.3 Å². The maximum atomic E-state index is 11.4. The van der Waals surface area contributed by atoms with Gasteiger partial charge >= 0.3 is 12.0 Å². The van der Waals surface area contributed by atoms with Crippen molar-refractivity contribution in [1.29, 1.82) is 0 Å². The summed E-state index contributed by atoms with van der Waals surface area (Å²) in [7, 11) is 0. The fraction of sp³-hybridized carbons (Fsp3) is 0.333. The minimum absolute atomic E-state index is 0.161. The van der Waals surface area contributed by atoms with Gasteiger partial charge in [0.1, 0.15) is 0 Å². The lowest BCUT2D eigenvalue weighted by Crippen LogP contribution is -2.52. The Hall–Kier alpha value is -3.42. The second-order valence-electron chi connectivity index (χ2n) is 7.38. The molecule has 8 nitrogen and oxygen atoms in total. The topological polar surface area (TPSA) is 114 Å². The second kappa shape index (κ2) is 7.54. The Morgan fingerprint density at radius 3 is 2.69 bits per heavy atom. The van der Waals surface area contributed by atoms with E-state index in [0.717, 1.165) is 30.2 Å². The summed E-state index contributed by atoms with van der Waals surface area (Å²) < 4.78 is 2.19. The number of nitrogens with zero attached hydrogens (tertiary/aromatic N) is 4. The molecule has 0 atom stereocenters. The number of hydrogen-bond acceptors (Lipinski definition) is 4. The number of aromatic nitrogens is 3. The van der Waals surface area contributed by atoms with E-state index in [4.69, 9.17) is 5.73 Å². The van der Waals surface area contributed by atoms with E-state index in [0.29, 0.717) is 24.5 Å². The SMILES string of the molecule is CCCCc1cn(C2CN(C(N)=O)C2)c2cc(-c3cc(C(=O)O)ccn3)ncc12. The van der Waals surface area contributed by atoms with Crippen LogP contribution in [0.15, 0.2) is 36.8 Å². The third-order valence-electron chi connectivity index (χ3n) is 5.44. The first kappa shape index (κ1) is 18.9. The number of aromatic carboxylic acids is 1. The summed E-state index contributed by atoms with van der Waals surface area (Å²) in [6, 6.07) is 4.70. The summed E-state index contributed by atoms with van der Waals surface area (Å²) in [6.45, 7) is 3.32. The zero-order valence-corrected chi connectivity index (χ0v) is 16.2. The van der Waals surface area contributed by atoms with Crippen molar-refractivity contribution >= 4 is 22.9 Å². The van der Waals surface area contributed by atoms with Crippen molar-refractivity contribution in [2.24, 2.45) is 5.73 Å². The number of rotatable bonds is 6. The first-order valence-corrected chi connectivity index (χ1v) is 9.71. The monoisotopic (exact) mass is 393 g/mol. The molecule has 150 valence electrons. The molecule has 4 rings (SSSR count). The van der Waals surface area contributed by atoms with Crippen LogP contribution >= 0.6 is 0 Å². The van der Waals surface area contributed by atoms with Gasteiger partial charge in [-0.1, -0.05) is 13.3 Å². The van der Waals surface area contributed by atoms with Gasteiger partial charge in [-0.25, -0.2) is 9.59 Å². The van der Waals surface area contributed by atoms with Crippen molar-refractivity contribution in [3.05, 3.63) is 47.9 Å². The molecule has 1 aliphatic heterocycles. The quantitative estimate of drug-likeness (QED) is 0.668. The molecule has 1 fully saturated rings. The van der Waals surface area contributed by atoms with Crippen LogP contribution in [0.4, 0.5) is 4.79 Å². The number of carbonyl (C=O) groups excluding carboxylic acids is 1. The summed E-state index contributed by atoms with van der Waals surface area (Å²) in [6.07, 6.45) is 8.61. The molecular formula is C21H23N5O3. The molecule has 4 heterocycles. The van der Waals surface area contributed by atoms with Gasteiger partial charge in [0, 0.05) is 37.1 Å². The predicted octanol–water partition coefficient (Wildman–Crippen LogP) is 3.07. The number of carboxylic acid groups (broad SMARTS) is 1. The fourth-order valence-electron chi connectivity index (χ4n) is 3.74. The van der Waals surface area contributed by atoms with Gasteiger partial charge in [0.05, 0.1) is 28.5 Å². The van der Waals surface area contributed by atoms with Crippen molar-refractivity contribution in [1.82, 2.24) is 19.4 Å². The number of carbonyl (C=O) groups is 2. The van der Waals surface area contributed by atoms with E-state index < -0.39 is 12.0 Å². The number of urea groups is 1. The largest absolute Gasteiger partial charge is 0.478 e. The van der Waals surface area contributed by atoms with Crippen molar-refractivity contribution in [2.75, 3.05) is 13.1 Å². The van der Waals surface area contributed by atoms with Crippen LogP contribution in [0, 0.1) is 0 Å². The van der Waals surface area contributed by atoms with E-state index in [2.05, 4.69) is 27.7 Å². The van der Waals surface area contributed by atoms with Crippen LogP contribution in [-0.2, 0) is 6.42 Å². The number of aryl methyl sites for hydroxylation is 1. The van der Waals surface area contributed by atoms with E-state index >= 15 is 0 Å². The average Bonchev–Trinajstić information content (AvgIpc) is 3.02. The zero-order chi connectivity index (χ0) is 20.5. The molecule has 3 aromatic rings. The summed E-state index contributed by atoms with van der Waals surface area (Å²) >= 11 is 0. The summed E-state index contributed by atoms with van der Waals surface area (Å²) in [5.41, 5.74) is 8.92. The molecule has 0 bridgehead atoms. The fourth-order valence-corrected chi connectivity index (χ4v) is 3.74. The van der Waals surface area contributed by atoms with E-state index in [1.807, 2.05) is 12.3 Å². The number of likely N-dealkylation sites (tertiary alicyclic amines) is 1. The van der Waals surface area contributed by atoms with E-state index in [9.17, 15) is 14.7 Å². The molecule has 0 aromatic carbocycles. The molecule has 1 saturated heterocycles. The molecule has 0 aliphatic carbocycles. The number of unbranched alkanes of at least 4 members (excludes halogenated alkanes) is 1. The third kappa shape index (κ3) is 3.53. The van der Waals surface area contributed by atoms with Gasteiger partial charge < -0.3 is 20.3 Å². The van der Waals surface area contributed by atoms with Crippen molar-refractivity contribution in [2.45, 2.75) is 32.2 Å². The highest BCUT2D eigenvalue weighted by Gasteiger charge is 2.31. The Balaban J connectivity index is 1.76. The van der Waals surface area contributed by atoms with Gasteiger partial charge in [-0.2, -0.15) is 0 Å². The van der Waals surface area contributed by atoms with Crippen LogP contribution in [0.5, 0.6) is 0 Å². The molecule has 0 radical (unpaired) electrons. The molecule has 1 aliphatic rings. The van der Waals surface area contributed by atoms with Crippen LogP contribution in [0.3, 0.4) is 0 Å². The summed E-state index contributed by atoms with van der Waals surface area (Å²) in [5, 5.41) is 10.3.